The van der Waals surface area contributed by atoms with Crippen LogP contribution >= 0.6 is 11.3 Å². The van der Waals surface area contributed by atoms with Crippen LogP contribution in [0.5, 0.6) is 0 Å². The van der Waals surface area contributed by atoms with E-state index >= 15 is 0 Å². The quantitative estimate of drug-likeness (QED) is 0.791. The highest BCUT2D eigenvalue weighted by Gasteiger charge is 2.03. The second-order valence-electron chi connectivity index (χ2n) is 3.07. The van der Waals surface area contributed by atoms with E-state index in [4.69, 9.17) is 5.73 Å². The first-order valence-corrected chi connectivity index (χ1v) is 5.17. The molecule has 68 valence electrons. The van der Waals surface area contributed by atoms with Crippen molar-refractivity contribution in [2.75, 3.05) is 6.54 Å². The summed E-state index contributed by atoms with van der Waals surface area (Å²) in [4.78, 5) is 5.67. The minimum Gasteiger partial charge on any atom is -0.330 e. The molecule has 0 bridgehead atoms. The Balaban J connectivity index is 2.60. The number of thiophene rings is 1. The van der Waals surface area contributed by atoms with Gasteiger partial charge in [0.25, 0.3) is 0 Å². The summed E-state index contributed by atoms with van der Waals surface area (Å²) in [5, 5.41) is 1.27. The molecule has 2 rings (SSSR count). The molecule has 0 spiro atoms. The Kier molecular flexibility index (Phi) is 2.29. The third-order valence-corrected chi connectivity index (χ3v) is 3.05. The van der Waals surface area contributed by atoms with Crippen LogP contribution < -0.4 is 5.73 Å². The largest absolute Gasteiger partial charge is 0.330 e. The van der Waals surface area contributed by atoms with E-state index in [-0.39, 0.29) is 0 Å². The van der Waals surface area contributed by atoms with Crippen LogP contribution in [0.3, 0.4) is 0 Å². The maximum Gasteiger partial charge on any atom is 0.0502 e. The number of hydrogen-bond acceptors (Lipinski definition) is 3. The van der Waals surface area contributed by atoms with Gasteiger partial charge in [-0.25, -0.2) is 0 Å². The lowest BCUT2D eigenvalue weighted by atomic mass is 10.2. The van der Waals surface area contributed by atoms with Gasteiger partial charge in [0.1, 0.15) is 0 Å². The first-order chi connectivity index (χ1) is 6.31. The predicted octanol–water partition coefficient (Wildman–Crippen LogP) is 2.11. The summed E-state index contributed by atoms with van der Waals surface area (Å²) in [5.41, 5.74) is 6.65. The van der Waals surface area contributed by atoms with E-state index in [0.717, 1.165) is 12.1 Å². The van der Waals surface area contributed by atoms with E-state index in [1.54, 1.807) is 0 Å². The van der Waals surface area contributed by atoms with E-state index < -0.39 is 0 Å². The third kappa shape index (κ3) is 1.57. The van der Waals surface area contributed by atoms with Crippen LogP contribution in [0.1, 0.15) is 10.6 Å². The molecule has 0 saturated heterocycles. The van der Waals surface area contributed by atoms with E-state index in [9.17, 15) is 0 Å². The molecule has 2 aromatic heterocycles. The minimum atomic E-state index is 0.668. The van der Waals surface area contributed by atoms with Crippen LogP contribution in [0.4, 0.5) is 0 Å². The fourth-order valence-corrected chi connectivity index (χ4v) is 2.42. The second kappa shape index (κ2) is 3.44. The van der Waals surface area contributed by atoms with Gasteiger partial charge in [0.2, 0.25) is 0 Å². The maximum absolute atomic E-state index is 5.52. The Labute approximate surface area is 81.4 Å². The Morgan fingerprint density at radius 2 is 2.38 bits per heavy atom. The smallest absolute Gasteiger partial charge is 0.0502 e. The topological polar surface area (TPSA) is 38.9 Å². The van der Waals surface area contributed by atoms with Crippen molar-refractivity contribution >= 4 is 21.4 Å². The van der Waals surface area contributed by atoms with Gasteiger partial charge in [0.05, 0.1) is 5.69 Å². The lowest BCUT2D eigenvalue weighted by Gasteiger charge is -1.98. The molecule has 0 aliphatic carbocycles. The van der Waals surface area contributed by atoms with Crippen LogP contribution in [0.2, 0.25) is 0 Å². The summed E-state index contributed by atoms with van der Waals surface area (Å²) in [7, 11) is 0. The predicted molar refractivity (Wildman–Crippen MR) is 57.1 cm³/mol. The zero-order valence-electron chi connectivity index (χ0n) is 7.58. The molecule has 13 heavy (non-hydrogen) atoms. The molecule has 2 N–H and O–H groups in total. The zero-order valence-corrected chi connectivity index (χ0v) is 8.40. The molecule has 2 heterocycles. The molecular weight excluding hydrogens is 180 g/mol. The lowest BCUT2D eigenvalue weighted by molar-refractivity contribution is 0.936. The number of rotatable bonds is 2. The number of fused-ring (bicyclic) bond motifs is 1. The summed E-state index contributed by atoms with van der Waals surface area (Å²) in [5.74, 6) is 0. The first-order valence-electron chi connectivity index (χ1n) is 4.35. The Morgan fingerprint density at radius 1 is 1.54 bits per heavy atom. The van der Waals surface area contributed by atoms with Crippen LogP contribution in [0.25, 0.3) is 10.1 Å². The third-order valence-electron chi connectivity index (χ3n) is 2.03. The summed E-state index contributed by atoms with van der Waals surface area (Å²) in [6.07, 6.45) is 2.73. The average Bonchev–Trinajstić information content (AvgIpc) is 2.47. The van der Waals surface area contributed by atoms with Crippen molar-refractivity contribution < 1.29 is 0 Å². The van der Waals surface area contributed by atoms with Gasteiger partial charge in [-0.3, -0.25) is 4.98 Å². The SMILES string of the molecule is Cc1cc2c(CCN)nccc2s1. The molecule has 0 unspecified atom stereocenters. The Hall–Kier alpha value is -0.930. The molecule has 2 nitrogen and oxygen atoms in total. The number of nitrogens with two attached hydrogens (primary N) is 1. The van der Waals surface area contributed by atoms with Gasteiger partial charge in [-0.2, -0.15) is 0 Å². The van der Waals surface area contributed by atoms with Gasteiger partial charge in [-0.15, -0.1) is 11.3 Å². The fourth-order valence-electron chi connectivity index (χ4n) is 1.48. The molecule has 0 aliphatic rings. The number of aryl methyl sites for hydroxylation is 1. The molecule has 0 aliphatic heterocycles. The summed E-state index contributed by atoms with van der Waals surface area (Å²) in [6, 6.07) is 4.25. The van der Waals surface area contributed by atoms with Crippen LogP contribution in [0.15, 0.2) is 18.3 Å². The van der Waals surface area contributed by atoms with E-state index in [1.165, 1.54) is 15.0 Å². The highest BCUT2D eigenvalue weighted by Crippen LogP contribution is 2.26. The number of pyridine rings is 1. The number of aromatic nitrogens is 1. The zero-order chi connectivity index (χ0) is 9.26. The van der Waals surface area contributed by atoms with Crippen molar-refractivity contribution in [3.63, 3.8) is 0 Å². The minimum absolute atomic E-state index is 0.668. The van der Waals surface area contributed by atoms with Crippen LogP contribution in [0, 0.1) is 6.92 Å². The molecular formula is C10H12N2S. The summed E-state index contributed by atoms with van der Waals surface area (Å²) < 4.78 is 1.32. The van der Waals surface area contributed by atoms with Gasteiger partial charge in [0, 0.05) is 27.6 Å². The Bertz CT molecular complexity index is 420. The molecule has 0 atom stereocenters. The molecule has 0 amide bonds. The van der Waals surface area contributed by atoms with Crippen molar-refractivity contribution in [3.8, 4) is 0 Å². The van der Waals surface area contributed by atoms with Gasteiger partial charge >= 0.3 is 0 Å². The molecule has 3 heteroatoms. The highest BCUT2D eigenvalue weighted by atomic mass is 32.1. The maximum atomic E-state index is 5.52. The monoisotopic (exact) mass is 192 g/mol. The standard InChI is InChI=1S/C10H12N2S/c1-7-6-8-9(2-4-11)12-5-3-10(8)13-7/h3,5-6H,2,4,11H2,1H3. The van der Waals surface area contributed by atoms with Gasteiger partial charge in [0.15, 0.2) is 0 Å². The van der Waals surface area contributed by atoms with Crippen molar-refractivity contribution in [2.24, 2.45) is 5.73 Å². The van der Waals surface area contributed by atoms with E-state index in [2.05, 4.69) is 24.0 Å². The number of hydrogen-bond donors (Lipinski definition) is 1. The molecule has 0 fully saturated rings. The second-order valence-corrected chi connectivity index (χ2v) is 4.35. The first kappa shape index (κ1) is 8.66. The van der Waals surface area contributed by atoms with Crippen molar-refractivity contribution in [2.45, 2.75) is 13.3 Å². The summed E-state index contributed by atoms with van der Waals surface area (Å²) in [6.45, 7) is 2.79. The highest BCUT2D eigenvalue weighted by molar-refractivity contribution is 7.19. The van der Waals surface area contributed by atoms with Crippen LogP contribution in [-0.2, 0) is 6.42 Å². The van der Waals surface area contributed by atoms with Gasteiger partial charge in [-0.1, -0.05) is 0 Å². The van der Waals surface area contributed by atoms with E-state index in [0.29, 0.717) is 6.54 Å². The Morgan fingerprint density at radius 3 is 3.15 bits per heavy atom. The molecule has 2 aromatic rings. The van der Waals surface area contributed by atoms with Crippen molar-refractivity contribution in [1.29, 1.82) is 0 Å². The molecule has 0 aromatic carbocycles. The normalized spacial score (nSPS) is 10.9. The van der Waals surface area contributed by atoms with E-state index in [1.807, 2.05) is 17.5 Å². The van der Waals surface area contributed by atoms with Crippen molar-refractivity contribution in [3.05, 3.63) is 28.9 Å². The molecule has 0 radical (unpaired) electrons. The fraction of sp³-hybridized carbons (Fsp3) is 0.300. The summed E-state index contributed by atoms with van der Waals surface area (Å²) >= 11 is 1.81. The van der Waals surface area contributed by atoms with Gasteiger partial charge in [-0.05, 0) is 25.6 Å². The number of nitrogens with zero attached hydrogens (tertiary/aromatic N) is 1. The van der Waals surface area contributed by atoms with Crippen LogP contribution in [-0.4, -0.2) is 11.5 Å². The average molecular weight is 192 g/mol. The lowest BCUT2D eigenvalue weighted by Crippen LogP contribution is -2.04. The van der Waals surface area contributed by atoms with Crippen molar-refractivity contribution in [1.82, 2.24) is 4.98 Å². The molecule has 0 saturated carbocycles. The van der Waals surface area contributed by atoms with Gasteiger partial charge < -0.3 is 5.73 Å².